The molecule has 284 valence electrons. The molecule has 3 aromatic rings. The molecular formula is C33H34BClN5O13P. The summed E-state index contributed by atoms with van der Waals surface area (Å²) in [5, 5.41) is 44.3. The zero-order chi connectivity index (χ0) is 39.1. The maximum Gasteiger partial charge on any atom is 0.547 e. The van der Waals surface area contributed by atoms with Crippen molar-refractivity contribution in [2.45, 2.75) is 37.3 Å². The van der Waals surface area contributed by atoms with E-state index in [1.165, 1.54) is 40.1 Å². The standard InChI is InChI=1S/C33H34BClN5O13P/c35-25-21(8-9-23(41)27(25)42)30(44)38-12-10-19(11-13-38)39-14-15-40(33(39)48)32(47)37-26(17-4-6-20(7-5-17)54(50,51)52)29(43)36-24-16-18-2-1-3-22(31(45)46)28(18)53-34(24)49/h1-9,19,24,26,41-42,49H,10-16H2,(H,36,43)(H,37,47)(H,45,46)(H2,50,51,52)/t24-,26+/m0/s1. The van der Waals surface area contributed by atoms with Crippen LogP contribution in [0.3, 0.4) is 0 Å². The van der Waals surface area contributed by atoms with Gasteiger partial charge in [-0.3, -0.25) is 14.2 Å². The minimum absolute atomic E-state index is 0.00291. The summed E-state index contributed by atoms with van der Waals surface area (Å²) in [6, 6.07) is 7.93. The van der Waals surface area contributed by atoms with E-state index in [-0.39, 0.29) is 71.4 Å². The van der Waals surface area contributed by atoms with Crippen LogP contribution in [0.1, 0.15) is 50.7 Å². The number of piperidine rings is 1. The highest BCUT2D eigenvalue weighted by atomic mass is 35.5. The summed E-state index contributed by atoms with van der Waals surface area (Å²) in [5.41, 5.74) is 0.289. The van der Waals surface area contributed by atoms with Gasteiger partial charge in [-0.15, -0.1) is 0 Å². The van der Waals surface area contributed by atoms with Gasteiger partial charge in [0.1, 0.15) is 11.8 Å². The molecule has 0 unspecified atom stereocenters. The van der Waals surface area contributed by atoms with Crippen molar-refractivity contribution in [3.63, 3.8) is 0 Å². The number of hydrogen-bond donors (Lipinski definition) is 8. The fourth-order valence-corrected chi connectivity index (χ4v) is 7.47. The molecule has 0 saturated carbocycles. The number of fused-ring (bicyclic) bond motifs is 1. The Labute approximate surface area is 312 Å². The third kappa shape index (κ3) is 7.67. The van der Waals surface area contributed by atoms with Crippen LogP contribution >= 0.6 is 19.2 Å². The molecule has 0 aliphatic carbocycles. The summed E-state index contributed by atoms with van der Waals surface area (Å²) < 4.78 is 17.3. The van der Waals surface area contributed by atoms with Crippen molar-refractivity contribution < 1.29 is 63.3 Å². The van der Waals surface area contributed by atoms with E-state index in [0.29, 0.717) is 18.4 Å². The largest absolute Gasteiger partial charge is 0.547 e. The number of hydrogen-bond acceptors (Lipinski definition) is 10. The number of aromatic hydroxyl groups is 2. The van der Waals surface area contributed by atoms with Crippen molar-refractivity contribution in [3.05, 3.63) is 81.9 Å². The molecule has 0 spiro atoms. The number of benzene rings is 3. The summed E-state index contributed by atoms with van der Waals surface area (Å²) >= 11 is 6.07. The summed E-state index contributed by atoms with van der Waals surface area (Å²) in [5.74, 6) is -4.88. The van der Waals surface area contributed by atoms with Gasteiger partial charge in [0.25, 0.3) is 5.91 Å². The first-order valence-electron chi connectivity index (χ1n) is 16.6. The minimum atomic E-state index is -4.66. The van der Waals surface area contributed by atoms with E-state index in [2.05, 4.69) is 10.6 Å². The monoisotopic (exact) mass is 785 g/mol. The first kappa shape index (κ1) is 38.4. The molecule has 0 bridgehead atoms. The zero-order valence-electron chi connectivity index (χ0n) is 28.2. The quantitative estimate of drug-likeness (QED) is 0.0908. The molecular weight excluding hydrogens is 752 g/mol. The zero-order valence-corrected chi connectivity index (χ0v) is 29.8. The molecule has 3 aliphatic heterocycles. The van der Waals surface area contributed by atoms with Crippen LogP contribution in [0.4, 0.5) is 9.59 Å². The molecule has 18 nitrogen and oxygen atoms in total. The van der Waals surface area contributed by atoms with E-state index in [4.69, 9.17) is 16.3 Å². The third-order valence-corrected chi connectivity index (χ3v) is 10.9. The lowest BCUT2D eigenvalue weighted by molar-refractivity contribution is -0.123. The number of amides is 6. The van der Waals surface area contributed by atoms with Gasteiger partial charge in [0.2, 0.25) is 5.91 Å². The first-order valence-corrected chi connectivity index (χ1v) is 18.6. The molecule has 2 fully saturated rings. The molecule has 3 aromatic carbocycles. The lowest BCUT2D eigenvalue weighted by Crippen LogP contribution is -2.56. The number of carboxylic acids is 1. The summed E-state index contributed by atoms with van der Waals surface area (Å²) in [6.45, 7) is 0.557. The van der Waals surface area contributed by atoms with Crippen molar-refractivity contribution in [1.82, 2.24) is 25.3 Å². The number of nitrogens with zero attached hydrogens (tertiary/aromatic N) is 3. The Kier molecular flexibility index (Phi) is 10.8. The smallest absolute Gasteiger partial charge is 0.534 e. The normalized spacial score (nSPS) is 18.1. The molecule has 3 heterocycles. The second-order valence-corrected chi connectivity index (χ2v) is 14.9. The maximum absolute atomic E-state index is 13.8. The van der Waals surface area contributed by atoms with E-state index >= 15 is 0 Å². The number of rotatable bonds is 8. The number of aromatic carboxylic acids is 1. The lowest BCUT2D eigenvalue weighted by atomic mass is 9.72. The van der Waals surface area contributed by atoms with Gasteiger partial charge >= 0.3 is 32.7 Å². The van der Waals surface area contributed by atoms with Crippen molar-refractivity contribution >= 4 is 61.5 Å². The SMILES string of the molecule is O=C(O)c1cccc2c1OB(O)[C@@H](NC(=O)[C@H](NC(=O)N1CCN(C3CCN(C(=O)c4ccc(O)c(O)c4Cl)CC3)C1=O)c1ccc(P(=O)(O)O)cc1)C2. The Morgan fingerprint density at radius 1 is 0.944 bits per heavy atom. The van der Waals surface area contributed by atoms with Gasteiger partial charge in [-0.05, 0) is 60.7 Å². The Morgan fingerprint density at radius 2 is 1.63 bits per heavy atom. The summed E-state index contributed by atoms with van der Waals surface area (Å²) in [7, 11) is -6.34. The van der Waals surface area contributed by atoms with E-state index in [1.807, 2.05) is 0 Å². The maximum atomic E-state index is 13.8. The number of nitrogens with one attached hydrogen (secondary N) is 2. The number of carboxylic acid groups (broad SMARTS) is 1. The molecule has 0 aromatic heterocycles. The molecule has 0 radical (unpaired) electrons. The van der Waals surface area contributed by atoms with Crippen molar-refractivity contribution in [3.8, 4) is 17.2 Å². The van der Waals surface area contributed by atoms with Crippen molar-refractivity contribution in [1.29, 1.82) is 0 Å². The van der Waals surface area contributed by atoms with Crippen LogP contribution in [0, 0.1) is 0 Å². The topological polar surface area (TPSA) is 267 Å². The Hall–Kier alpha value is -5.33. The molecule has 21 heteroatoms. The average molecular weight is 786 g/mol. The average Bonchev–Trinajstić information content (AvgIpc) is 3.53. The fourth-order valence-electron chi connectivity index (χ4n) is 6.70. The molecule has 54 heavy (non-hydrogen) atoms. The number of phenolic OH excluding ortho intramolecular Hbond substituents is 2. The highest BCUT2D eigenvalue weighted by Crippen LogP contribution is 2.37. The minimum Gasteiger partial charge on any atom is -0.534 e. The second kappa shape index (κ2) is 15.2. The first-order chi connectivity index (χ1) is 25.5. The van der Waals surface area contributed by atoms with E-state index < -0.39 is 68.0 Å². The van der Waals surface area contributed by atoms with Crippen LogP contribution in [0.2, 0.25) is 5.02 Å². The van der Waals surface area contributed by atoms with Crippen LogP contribution in [-0.2, 0) is 15.8 Å². The Balaban J connectivity index is 1.14. The predicted molar refractivity (Wildman–Crippen MR) is 190 cm³/mol. The van der Waals surface area contributed by atoms with Crippen molar-refractivity contribution in [2.24, 2.45) is 0 Å². The highest BCUT2D eigenvalue weighted by molar-refractivity contribution is 7.60. The van der Waals surface area contributed by atoms with Crippen LogP contribution in [-0.4, -0.2) is 120 Å². The molecule has 2 atom stereocenters. The van der Waals surface area contributed by atoms with Gasteiger partial charge in [0.05, 0.1) is 27.4 Å². The molecule has 6 amide bonds. The van der Waals surface area contributed by atoms with E-state index in [9.17, 15) is 58.7 Å². The number of halogens is 1. The number of imide groups is 1. The van der Waals surface area contributed by atoms with Crippen LogP contribution < -0.4 is 20.6 Å². The van der Waals surface area contributed by atoms with Gasteiger partial charge in [0.15, 0.2) is 11.5 Å². The Bertz CT molecular complexity index is 2060. The summed E-state index contributed by atoms with van der Waals surface area (Å²) in [4.78, 5) is 88.8. The van der Waals surface area contributed by atoms with Crippen molar-refractivity contribution in [2.75, 3.05) is 26.2 Å². The third-order valence-electron chi connectivity index (χ3n) is 9.57. The van der Waals surface area contributed by atoms with Crippen LogP contribution in [0.5, 0.6) is 17.2 Å². The van der Waals surface area contributed by atoms with Gasteiger partial charge in [-0.1, -0.05) is 35.9 Å². The number of likely N-dealkylation sites (tertiary alicyclic amines) is 1. The Morgan fingerprint density at radius 3 is 2.28 bits per heavy atom. The molecule has 3 aliphatic rings. The molecule has 6 rings (SSSR count). The highest BCUT2D eigenvalue weighted by Gasteiger charge is 2.42. The molecule has 8 N–H and O–H groups in total. The van der Waals surface area contributed by atoms with Crippen LogP contribution in [0.25, 0.3) is 0 Å². The number of phenols is 2. The van der Waals surface area contributed by atoms with E-state index in [1.54, 1.807) is 6.07 Å². The van der Waals surface area contributed by atoms with Gasteiger partial charge in [0, 0.05) is 32.2 Å². The van der Waals surface area contributed by atoms with Crippen LogP contribution in [0.15, 0.2) is 54.6 Å². The predicted octanol–water partition coefficient (Wildman–Crippen LogP) is 1.19. The van der Waals surface area contributed by atoms with Gasteiger partial charge < -0.3 is 55.2 Å². The number of urea groups is 2. The number of carbonyl (C=O) groups excluding carboxylic acids is 4. The number of carbonyl (C=O) groups is 5. The second-order valence-electron chi connectivity index (χ2n) is 12.9. The van der Waals surface area contributed by atoms with Gasteiger partial charge in [-0.25, -0.2) is 19.3 Å². The lowest BCUT2D eigenvalue weighted by Gasteiger charge is -2.36. The van der Waals surface area contributed by atoms with E-state index in [0.717, 1.165) is 23.1 Å². The van der Waals surface area contributed by atoms with Gasteiger partial charge in [-0.2, -0.15) is 0 Å². The number of para-hydroxylation sites is 1. The molecule has 2 saturated heterocycles. The fraction of sp³-hybridized carbons (Fsp3) is 0.303. The summed E-state index contributed by atoms with van der Waals surface area (Å²) in [6.07, 6.45) is 0.665.